The van der Waals surface area contributed by atoms with Crippen molar-refractivity contribution in [2.75, 3.05) is 19.6 Å². The summed E-state index contributed by atoms with van der Waals surface area (Å²) in [4.78, 5) is 34.7. The van der Waals surface area contributed by atoms with E-state index in [0.717, 1.165) is 40.3 Å². The lowest BCUT2D eigenvalue weighted by atomic mass is 9.64. The van der Waals surface area contributed by atoms with Gasteiger partial charge in [0.1, 0.15) is 11.5 Å². The fourth-order valence-corrected chi connectivity index (χ4v) is 9.47. The standard InChI is InChI=1S/C38H37F5N4O3/c39-32(40)21-46-15-13-36(14-16-46,38(41,42)43)35(50)45-31(34(48)49)17-22-5-3-9-26-25(22)8-4-10-28(26)33-29-7-2-1-6-27(29)30(20-44-33)37-18-23-11-12-24(19-37)47(23)37/h1-10,20,23-24,31-32H,11-19,21H2,(H,45,50)(H,48,49)/t23?,24?,31-,37?/m0/s1. The summed E-state index contributed by atoms with van der Waals surface area (Å²) in [6.07, 6.45) is -2.63. The summed E-state index contributed by atoms with van der Waals surface area (Å²) in [6.45, 7) is -1.40. The van der Waals surface area contributed by atoms with Crippen LogP contribution in [0.3, 0.4) is 0 Å². The first kappa shape index (κ1) is 33.0. The maximum absolute atomic E-state index is 14.4. The molecular formula is C38H37F5N4O3. The molecule has 262 valence electrons. The van der Waals surface area contributed by atoms with Crippen molar-refractivity contribution in [2.45, 2.75) is 81.2 Å². The summed E-state index contributed by atoms with van der Waals surface area (Å²) < 4.78 is 69.0. The molecule has 4 aromatic rings. The van der Waals surface area contributed by atoms with Crippen molar-refractivity contribution < 1.29 is 36.6 Å². The minimum Gasteiger partial charge on any atom is -0.480 e. The molecule has 0 bridgehead atoms. The molecule has 1 amide bonds. The molecule has 0 radical (unpaired) electrons. The van der Waals surface area contributed by atoms with E-state index in [1.807, 2.05) is 42.6 Å². The number of carbonyl (C=O) groups excluding carboxylic acids is 1. The Bertz CT molecular complexity index is 1980. The maximum Gasteiger partial charge on any atom is 0.403 e. The van der Waals surface area contributed by atoms with Crippen LogP contribution in [0.4, 0.5) is 22.0 Å². The van der Waals surface area contributed by atoms with Gasteiger partial charge in [-0.1, -0.05) is 60.7 Å². The molecule has 1 aromatic heterocycles. The van der Waals surface area contributed by atoms with Crippen LogP contribution < -0.4 is 5.32 Å². The van der Waals surface area contributed by atoms with Crippen LogP contribution in [0.2, 0.25) is 0 Å². The molecule has 8 rings (SSSR count). The number of nitrogens with zero attached hydrogens (tertiary/aromatic N) is 3. The Morgan fingerprint density at radius 3 is 2.20 bits per heavy atom. The molecule has 4 aliphatic rings. The SMILES string of the molecule is O=C(O)[C@H](Cc1cccc2c(-c3ncc(C45CC6CCC(C4)N65)c4ccccc34)cccc12)NC(=O)C1(C(F)(F)F)CCN(CC(F)F)CC1. The van der Waals surface area contributed by atoms with Crippen LogP contribution >= 0.6 is 0 Å². The van der Waals surface area contributed by atoms with E-state index in [1.165, 1.54) is 23.3 Å². The number of amides is 1. The lowest BCUT2D eigenvalue weighted by molar-refractivity contribution is -0.233. The number of rotatable bonds is 9. The first-order valence-electron chi connectivity index (χ1n) is 17.2. The molecule has 12 heteroatoms. The molecular weight excluding hydrogens is 655 g/mol. The number of hydrogen-bond donors (Lipinski definition) is 2. The highest BCUT2D eigenvalue weighted by Gasteiger charge is 2.67. The maximum atomic E-state index is 14.4. The summed E-state index contributed by atoms with van der Waals surface area (Å²) in [7, 11) is 0. The van der Waals surface area contributed by atoms with Gasteiger partial charge in [0.2, 0.25) is 5.91 Å². The normalized spacial score (nSPS) is 25.2. The van der Waals surface area contributed by atoms with Gasteiger partial charge < -0.3 is 10.4 Å². The van der Waals surface area contributed by atoms with E-state index in [4.69, 9.17) is 4.98 Å². The predicted octanol–water partition coefficient (Wildman–Crippen LogP) is 6.91. The second-order valence-electron chi connectivity index (χ2n) is 14.5. The highest BCUT2D eigenvalue weighted by molar-refractivity contribution is 6.05. The van der Waals surface area contributed by atoms with Gasteiger partial charge in [-0.05, 0) is 78.9 Å². The molecule has 4 fully saturated rings. The molecule has 2 N–H and O–H groups in total. The summed E-state index contributed by atoms with van der Waals surface area (Å²) in [6, 6.07) is 18.9. The van der Waals surface area contributed by atoms with Crippen molar-refractivity contribution in [1.82, 2.24) is 20.1 Å². The average molecular weight is 693 g/mol. The van der Waals surface area contributed by atoms with Crippen LogP contribution in [0.15, 0.2) is 66.9 Å². The van der Waals surface area contributed by atoms with Gasteiger partial charge >= 0.3 is 12.1 Å². The lowest BCUT2D eigenvalue weighted by Crippen LogP contribution is -2.72. The number of hydrogen-bond acceptors (Lipinski definition) is 5. The quantitative estimate of drug-likeness (QED) is 0.186. The molecule has 0 aliphatic carbocycles. The number of benzene rings is 3. The summed E-state index contributed by atoms with van der Waals surface area (Å²) in [5, 5.41) is 16.0. The van der Waals surface area contributed by atoms with Crippen molar-refractivity contribution in [1.29, 1.82) is 0 Å². The van der Waals surface area contributed by atoms with Gasteiger partial charge in [-0.15, -0.1) is 0 Å². The van der Waals surface area contributed by atoms with E-state index in [2.05, 4.69) is 22.3 Å². The van der Waals surface area contributed by atoms with Gasteiger partial charge in [-0.3, -0.25) is 19.6 Å². The molecule has 5 heterocycles. The van der Waals surface area contributed by atoms with E-state index in [-0.39, 0.29) is 25.0 Å². The number of carboxylic acids is 1. The smallest absolute Gasteiger partial charge is 0.403 e. The van der Waals surface area contributed by atoms with E-state index in [9.17, 15) is 36.6 Å². The number of carboxylic acid groups (broad SMARTS) is 1. The van der Waals surface area contributed by atoms with Crippen LogP contribution in [-0.4, -0.2) is 82.1 Å². The third-order valence-corrected chi connectivity index (χ3v) is 11.9. The third kappa shape index (κ3) is 5.08. The van der Waals surface area contributed by atoms with Crippen molar-refractivity contribution in [3.63, 3.8) is 0 Å². The minimum atomic E-state index is -4.99. The van der Waals surface area contributed by atoms with Gasteiger partial charge in [0.05, 0.1) is 17.8 Å². The number of carbonyl (C=O) groups is 2. The van der Waals surface area contributed by atoms with Crippen LogP contribution in [0, 0.1) is 5.41 Å². The average Bonchev–Trinajstić information content (AvgIpc) is 3.20. The van der Waals surface area contributed by atoms with Crippen molar-refractivity contribution >= 4 is 33.4 Å². The third-order valence-electron chi connectivity index (χ3n) is 11.9. The van der Waals surface area contributed by atoms with Gasteiger partial charge in [0.25, 0.3) is 6.43 Å². The monoisotopic (exact) mass is 692 g/mol. The first-order chi connectivity index (χ1) is 23.9. The Morgan fingerprint density at radius 1 is 0.900 bits per heavy atom. The Labute approximate surface area is 285 Å². The number of fused-ring (bicyclic) bond motifs is 2. The van der Waals surface area contributed by atoms with Gasteiger partial charge in [0.15, 0.2) is 0 Å². The molecule has 3 aromatic carbocycles. The Balaban J connectivity index is 1.09. The Morgan fingerprint density at radius 2 is 1.54 bits per heavy atom. The predicted molar refractivity (Wildman–Crippen MR) is 178 cm³/mol. The molecule has 0 saturated carbocycles. The van der Waals surface area contributed by atoms with E-state index in [0.29, 0.717) is 23.0 Å². The topological polar surface area (TPSA) is 85.8 Å². The van der Waals surface area contributed by atoms with Crippen molar-refractivity contribution in [3.05, 3.63) is 78.0 Å². The molecule has 3 atom stereocenters. The Hall–Kier alpha value is -4.16. The van der Waals surface area contributed by atoms with Crippen LogP contribution in [-0.2, 0) is 21.5 Å². The highest BCUT2D eigenvalue weighted by atomic mass is 19.4. The molecule has 7 nitrogen and oxygen atoms in total. The zero-order valence-corrected chi connectivity index (χ0v) is 27.2. The molecule has 4 aliphatic heterocycles. The number of likely N-dealkylation sites (tertiary alicyclic amines) is 1. The molecule has 2 unspecified atom stereocenters. The zero-order valence-electron chi connectivity index (χ0n) is 27.2. The number of alkyl halides is 5. The minimum absolute atomic E-state index is 0.0483. The lowest BCUT2D eigenvalue weighted by Gasteiger charge is -2.67. The second kappa shape index (κ2) is 12.0. The number of aliphatic carboxylic acids is 1. The van der Waals surface area contributed by atoms with Crippen molar-refractivity contribution in [2.24, 2.45) is 5.41 Å². The largest absolute Gasteiger partial charge is 0.480 e. The molecule has 50 heavy (non-hydrogen) atoms. The Kier molecular flexibility index (Phi) is 7.90. The van der Waals surface area contributed by atoms with Gasteiger partial charge in [0, 0.05) is 35.7 Å². The highest BCUT2D eigenvalue weighted by Crippen LogP contribution is 2.64. The summed E-state index contributed by atoms with van der Waals surface area (Å²) in [5.41, 5.74) is 0.589. The molecule has 4 saturated heterocycles. The number of pyridine rings is 1. The van der Waals surface area contributed by atoms with E-state index in [1.54, 1.807) is 12.1 Å². The number of aromatic nitrogens is 1. The van der Waals surface area contributed by atoms with Gasteiger partial charge in [-0.2, -0.15) is 13.2 Å². The summed E-state index contributed by atoms with van der Waals surface area (Å²) in [5.74, 6) is -2.93. The van der Waals surface area contributed by atoms with Crippen LogP contribution in [0.5, 0.6) is 0 Å². The van der Waals surface area contributed by atoms with Gasteiger partial charge in [-0.25, -0.2) is 13.6 Å². The van der Waals surface area contributed by atoms with Crippen LogP contribution in [0.1, 0.15) is 49.7 Å². The second-order valence-corrected chi connectivity index (χ2v) is 14.5. The van der Waals surface area contributed by atoms with Crippen LogP contribution in [0.25, 0.3) is 32.8 Å². The number of halogens is 5. The van der Waals surface area contributed by atoms with E-state index >= 15 is 0 Å². The number of nitrogens with one attached hydrogen (secondary N) is 1. The summed E-state index contributed by atoms with van der Waals surface area (Å²) >= 11 is 0. The molecule has 0 spiro atoms. The zero-order chi connectivity index (χ0) is 35.0. The number of piperidine rings is 2. The fourth-order valence-electron chi connectivity index (χ4n) is 9.47. The fraction of sp³-hybridized carbons (Fsp3) is 0.447. The van der Waals surface area contributed by atoms with E-state index < -0.39 is 55.3 Å². The van der Waals surface area contributed by atoms with Crippen molar-refractivity contribution in [3.8, 4) is 11.3 Å². The first-order valence-corrected chi connectivity index (χ1v) is 17.2.